The fourth-order valence-electron chi connectivity index (χ4n) is 0.611. The van der Waals surface area contributed by atoms with Gasteiger partial charge in [0.05, 0.1) is 0 Å². The molecule has 4 nitrogen and oxygen atoms in total. The van der Waals surface area contributed by atoms with Crippen LogP contribution >= 0.6 is 12.4 Å². The summed E-state index contributed by atoms with van der Waals surface area (Å²) in [6.07, 6.45) is 4.36. The minimum atomic E-state index is 0. The first-order chi connectivity index (χ1) is 4.43. The van der Waals surface area contributed by atoms with Crippen LogP contribution in [0.25, 0.3) is 0 Å². The molecule has 0 spiro atoms. The highest BCUT2D eigenvalue weighted by atomic mass is 35.5. The maximum atomic E-state index is 5.29. The van der Waals surface area contributed by atoms with Crippen LogP contribution in [0.4, 0.5) is 0 Å². The third-order valence-electron chi connectivity index (χ3n) is 1.09. The molecule has 5 heteroatoms. The van der Waals surface area contributed by atoms with E-state index in [1.165, 1.54) is 0 Å². The van der Waals surface area contributed by atoms with Gasteiger partial charge in [0.15, 0.2) is 0 Å². The first-order valence-electron chi connectivity index (χ1n) is 2.96. The van der Waals surface area contributed by atoms with Gasteiger partial charge in [-0.1, -0.05) is 0 Å². The summed E-state index contributed by atoms with van der Waals surface area (Å²) in [4.78, 5) is 0. The molecule has 10 heavy (non-hydrogen) atoms. The summed E-state index contributed by atoms with van der Waals surface area (Å²) in [6.45, 7) is 1.64. The maximum Gasteiger partial charge on any atom is 0.119 e. The molecule has 58 valence electrons. The predicted molar refractivity (Wildman–Crippen MR) is 40.9 cm³/mol. The van der Waals surface area contributed by atoms with Crippen LogP contribution < -0.4 is 5.73 Å². The monoisotopic (exact) mass is 162 g/mol. The molecule has 0 fully saturated rings. The molecule has 0 atom stereocenters. The fraction of sp³-hybridized carbons (Fsp3) is 0.600. The summed E-state index contributed by atoms with van der Waals surface area (Å²) >= 11 is 0. The van der Waals surface area contributed by atoms with E-state index in [4.69, 9.17) is 5.73 Å². The molecule has 0 aliphatic rings. The zero-order valence-corrected chi connectivity index (χ0v) is 6.42. The average molecular weight is 163 g/mol. The van der Waals surface area contributed by atoms with E-state index < -0.39 is 0 Å². The summed E-state index contributed by atoms with van der Waals surface area (Å²) in [5.41, 5.74) is 5.29. The van der Waals surface area contributed by atoms with Crippen molar-refractivity contribution in [3.05, 3.63) is 12.7 Å². The van der Waals surface area contributed by atoms with Crippen LogP contribution in [0.5, 0.6) is 0 Å². The van der Waals surface area contributed by atoms with E-state index in [0.717, 1.165) is 19.5 Å². The second kappa shape index (κ2) is 5.20. The predicted octanol–water partition coefficient (Wildman–Crippen LogP) is 0.0487. The SMILES string of the molecule is Cl.NCCCn1cnnc1. The zero-order valence-electron chi connectivity index (χ0n) is 5.60. The molecule has 1 rings (SSSR count). The minimum Gasteiger partial charge on any atom is -0.330 e. The molecule has 1 aromatic heterocycles. The third kappa shape index (κ3) is 2.80. The molecule has 0 aromatic carbocycles. The summed E-state index contributed by atoms with van der Waals surface area (Å²) in [7, 11) is 0. The van der Waals surface area contributed by atoms with E-state index in [1.807, 2.05) is 4.57 Å². The highest BCUT2D eigenvalue weighted by Crippen LogP contribution is 1.84. The highest BCUT2D eigenvalue weighted by Gasteiger charge is 1.86. The largest absolute Gasteiger partial charge is 0.330 e. The first-order valence-corrected chi connectivity index (χ1v) is 2.96. The lowest BCUT2D eigenvalue weighted by Gasteiger charge is -1.95. The Bertz CT molecular complexity index is 151. The number of nitrogens with two attached hydrogens (primary N) is 1. The Labute approximate surface area is 65.8 Å². The second-order valence-corrected chi connectivity index (χ2v) is 1.84. The lowest BCUT2D eigenvalue weighted by molar-refractivity contribution is 0.648. The minimum absolute atomic E-state index is 0. The topological polar surface area (TPSA) is 56.7 Å². The van der Waals surface area contributed by atoms with Crippen molar-refractivity contribution in [2.75, 3.05) is 6.54 Å². The maximum absolute atomic E-state index is 5.29. The van der Waals surface area contributed by atoms with Crippen molar-refractivity contribution in [1.82, 2.24) is 14.8 Å². The van der Waals surface area contributed by atoms with Gasteiger partial charge in [-0.15, -0.1) is 22.6 Å². The Morgan fingerprint density at radius 2 is 1.90 bits per heavy atom. The van der Waals surface area contributed by atoms with Crippen LogP contribution in [0.2, 0.25) is 0 Å². The Kier molecular flexibility index (Phi) is 4.88. The van der Waals surface area contributed by atoms with Crippen molar-refractivity contribution >= 4 is 12.4 Å². The molecule has 0 bridgehead atoms. The standard InChI is InChI=1S/C5H10N4.ClH/c6-2-1-3-9-4-7-8-5-9;/h4-5H,1-3,6H2;1H. The molecule has 0 saturated carbocycles. The van der Waals surface area contributed by atoms with E-state index >= 15 is 0 Å². The summed E-state index contributed by atoms with van der Waals surface area (Å²) in [5, 5.41) is 7.29. The van der Waals surface area contributed by atoms with Gasteiger partial charge in [-0.25, -0.2) is 0 Å². The molecule has 0 saturated heterocycles. The number of hydrogen-bond donors (Lipinski definition) is 1. The van der Waals surface area contributed by atoms with Crippen LogP contribution in [-0.4, -0.2) is 21.3 Å². The molecule has 0 aliphatic carbocycles. The quantitative estimate of drug-likeness (QED) is 0.684. The summed E-state index contributed by atoms with van der Waals surface area (Å²) in [5.74, 6) is 0. The van der Waals surface area contributed by atoms with Crippen LogP contribution in [0.3, 0.4) is 0 Å². The zero-order chi connectivity index (χ0) is 6.53. The third-order valence-corrected chi connectivity index (χ3v) is 1.09. The van der Waals surface area contributed by atoms with E-state index in [0.29, 0.717) is 0 Å². The van der Waals surface area contributed by atoms with Gasteiger partial charge in [0.1, 0.15) is 12.7 Å². The van der Waals surface area contributed by atoms with Gasteiger partial charge in [0.2, 0.25) is 0 Å². The van der Waals surface area contributed by atoms with Gasteiger partial charge in [-0.05, 0) is 13.0 Å². The lowest BCUT2D eigenvalue weighted by Crippen LogP contribution is -2.03. The van der Waals surface area contributed by atoms with Gasteiger partial charge < -0.3 is 10.3 Å². The normalized spacial score (nSPS) is 8.90. The van der Waals surface area contributed by atoms with Crippen LogP contribution in [0.15, 0.2) is 12.7 Å². The van der Waals surface area contributed by atoms with Gasteiger partial charge in [-0.3, -0.25) is 0 Å². The van der Waals surface area contributed by atoms with Crippen molar-refractivity contribution in [2.45, 2.75) is 13.0 Å². The number of aryl methyl sites for hydroxylation is 1. The van der Waals surface area contributed by atoms with E-state index in [2.05, 4.69) is 10.2 Å². The van der Waals surface area contributed by atoms with Crippen molar-refractivity contribution < 1.29 is 0 Å². The van der Waals surface area contributed by atoms with Crippen molar-refractivity contribution in [2.24, 2.45) is 5.73 Å². The lowest BCUT2D eigenvalue weighted by atomic mass is 10.4. The molecular weight excluding hydrogens is 152 g/mol. The van der Waals surface area contributed by atoms with E-state index in [9.17, 15) is 0 Å². The number of rotatable bonds is 3. The van der Waals surface area contributed by atoms with Crippen molar-refractivity contribution in [3.8, 4) is 0 Å². The Morgan fingerprint density at radius 3 is 2.40 bits per heavy atom. The fourth-order valence-corrected chi connectivity index (χ4v) is 0.611. The van der Waals surface area contributed by atoms with Gasteiger partial charge >= 0.3 is 0 Å². The number of halogens is 1. The van der Waals surface area contributed by atoms with Crippen LogP contribution in [-0.2, 0) is 6.54 Å². The van der Waals surface area contributed by atoms with Crippen LogP contribution in [0, 0.1) is 0 Å². The number of nitrogens with zero attached hydrogens (tertiary/aromatic N) is 3. The number of hydrogen-bond acceptors (Lipinski definition) is 3. The molecule has 0 amide bonds. The molecular formula is C5H11ClN4. The van der Waals surface area contributed by atoms with Crippen molar-refractivity contribution in [1.29, 1.82) is 0 Å². The smallest absolute Gasteiger partial charge is 0.119 e. The molecule has 1 aromatic rings. The van der Waals surface area contributed by atoms with E-state index in [-0.39, 0.29) is 12.4 Å². The van der Waals surface area contributed by atoms with Gasteiger partial charge in [0, 0.05) is 6.54 Å². The first kappa shape index (κ1) is 9.39. The summed E-state index contributed by atoms with van der Waals surface area (Å²) < 4.78 is 1.91. The van der Waals surface area contributed by atoms with Crippen LogP contribution in [0.1, 0.15) is 6.42 Å². The Hall–Kier alpha value is -0.610. The molecule has 0 unspecified atom stereocenters. The Balaban J connectivity index is 0.000000810. The molecule has 1 heterocycles. The Morgan fingerprint density at radius 1 is 1.30 bits per heavy atom. The van der Waals surface area contributed by atoms with Gasteiger partial charge in [0.25, 0.3) is 0 Å². The molecule has 2 N–H and O–H groups in total. The number of aromatic nitrogens is 3. The highest BCUT2D eigenvalue weighted by molar-refractivity contribution is 5.85. The van der Waals surface area contributed by atoms with Gasteiger partial charge in [-0.2, -0.15) is 0 Å². The average Bonchev–Trinajstić information content (AvgIpc) is 2.34. The van der Waals surface area contributed by atoms with Crippen molar-refractivity contribution in [3.63, 3.8) is 0 Å². The molecule has 0 aliphatic heterocycles. The summed E-state index contributed by atoms with van der Waals surface area (Å²) in [6, 6.07) is 0. The van der Waals surface area contributed by atoms with E-state index in [1.54, 1.807) is 12.7 Å². The second-order valence-electron chi connectivity index (χ2n) is 1.84. The molecule has 0 radical (unpaired) electrons.